The highest BCUT2D eigenvalue weighted by Crippen LogP contribution is 2.41. The molecule has 6 nitrogen and oxygen atoms in total. The van der Waals surface area contributed by atoms with E-state index >= 15 is 0 Å². The predicted octanol–water partition coefficient (Wildman–Crippen LogP) is 13.4. The Kier molecular flexibility index (Phi) is 6.83. The molecule has 6 heteroatoms. The van der Waals surface area contributed by atoms with Gasteiger partial charge in [-0.25, -0.2) is 4.98 Å². The van der Waals surface area contributed by atoms with Crippen molar-refractivity contribution in [3.8, 4) is 51.0 Å². The first-order valence-corrected chi connectivity index (χ1v) is 19.0. The van der Waals surface area contributed by atoms with Gasteiger partial charge in [0.25, 0.3) is 0 Å². The molecule has 4 heterocycles. The van der Waals surface area contributed by atoms with Crippen LogP contribution in [0.4, 0.5) is 0 Å². The Morgan fingerprint density at radius 2 is 1.00 bits per heavy atom. The van der Waals surface area contributed by atoms with Crippen LogP contribution in [0, 0.1) is 0 Å². The number of hydrogen-bond donors (Lipinski definition) is 0. The molecule has 0 spiro atoms. The average Bonchev–Trinajstić information content (AvgIpc) is 3.96. The fourth-order valence-corrected chi connectivity index (χ4v) is 8.46. The minimum Gasteiger partial charge on any atom is -0.456 e. The number of para-hydroxylation sites is 3. The lowest BCUT2D eigenvalue weighted by molar-refractivity contribution is 0.669. The van der Waals surface area contributed by atoms with Gasteiger partial charge in [-0.05, 0) is 59.2 Å². The van der Waals surface area contributed by atoms with E-state index in [4.69, 9.17) is 23.8 Å². The largest absolute Gasteiger partial charge is 0.456 e. The van der Waals surface area contributed by atoms with Crippen LogP contribution in [0.15, 0.2) is 191 Å². The van der Waals surface area contributed by atoms with E-state index in [-0.39, 0.29) is 0 Å². The zero-order valence-corrected chi connectivity index (χ0v) is 30.4. The molecule has 8 aromatic carbocycles. The van der Waals surface area contributed by atoms with E-state index in [9.17, 15) is 0 Å². The van der Waals surface area contributed by atoms with Crippen molar-refractivity contribution in [1.29, 1.82) is 0 Å². The van der Waals surface area contributed by atoms with Crippen molar-refractivity contribution in [2.24, 2.45) is 0 Å². The van der Waals surface area contributed by atoms with Crippen LogP contribution in [0.25, 0.3) is 117 Å². The fraction of sp³-hybridized carbons (Fsp3) is 0. The average molecular weight is 731 g/mol. The van der Waals surface area contributed by atoms with Crippen molar-refractivity contribution in [1.82, 2.24) is 19.5 Å². The van der Waals surface area contributed by atoms with Crippen molar-refractivity contribution in [2.45, 2.75) is 0 Å². The molecular formula is C51H30N4O2. The predicted molar refractivity (Wildman–Crippen MR) is 230 cm³/mol. The molecule has 4 aromatic heterocycles. The van der Waals surface area contributed by atoms with E-state index < -0.39 is 0 Å². The first-order chi connectivity index (χ1) is 28.2. The van der Waals surface area contributed by atoms with Crippen LogP contribution in [0.3, 0.4) is 0 Å². The van der Waals surface area contributed by atoms with Gasteiger partial charge in [0.1, 0.15) is 22.3 Å². The van der Waals surface area contributed by atoms with E-state index in [1.54, 1.807) is 0 Å². The maximum Gasteiger partial charge on any atom is 0.238 e. The minimum atomic E-state index is 0.535. The molecule has 0 radical (unpaired) electrons. The van der Waals surface area contributed by atoms with Gasteiger partial charge in [0.05, 0.1) is 11.0 Å². The summed E-state index contributed by atoms with van der Waals surface area (Å²) < 4.78 is 15.1. The summed E-state index contributed by atoms with van der Waals surface area (Å²) in [7, 11) is 0. The van der Waals surface area contributed by atoms with Gasteiger partial charge in [0.15, 0.2) is 11.6 Å². The number of furan rings is 2. The van der Waals surface area contributed by atoms with Gasteiger partial charge < -0.3 is 8.83 Å². The normalized spacial score (nSPS) is 11.9. The van der Waals surface area contributed by atoms with Crippen LogP contribution in [0.2, 0.25) is 0 Å². The van der Waals surface area contributed by atoms with Crippen molar-refractivity contribution >= 4 is 65.7 Å². The van der Waals surface area contributed by atoms with Gasteiger partial charge in [-0.15, -0.1) is 0 Å². The maximum absolute atomic E-state index is 6.52. The third-order valence-electron chi connectivity index (χ3n) is 11.1. The van der Waals surface area contributed by atoms with Crippen LogP contribution in [-0.4, -0.2) is 19.5 Å². The molecule has 0 amide bonds. The Balaban J connectivity index is 1.05. The van der Waals surface area contributed by atoms with Crippen LogP contribution in [-0.2, 0) is 0 Å². The fourth-order valence-electron chi connectivity index (χ4n) is 8.46. The summed E-state index contributed by atoms with van der Waals surface area (Å²) >= 11 is 0. The topological polar surface area (TPSA) is 69.9 Å². The lowest BCUT2D eigenvalue weighted by atomic mass is 9.99. The number of nitrogens with zero attached hydrogens (tertiary/aromatic N) is 4. The molecule has 0 N–H and O–H groups in total. The quantitative estimate of drug-likeness (QED) is 0.176. The Bertz CT molecular complexity index is 3530. The van der Waals surface area contributed by atoms with Gasteiger partial charge in [-0.3, -0.25) is 4.57 Å². The Hall–Kier alpha value is -7.83. The second kappa shape index (κ2) is 12.3. The van der Waals surface area contributed by atoms with E-state index in [1.807, 2.05) is 60.7 Å². The standard InChI is InChI=1S/C51H30N4O2/c1-3-13-31(14-4-1)35-19-12-24-45-47(35)40-27-25-34(30-46(40)56-45)50-52-49(32-15-5-2-6-16-32)53-51(54-50)55-42-22-9-7-17-37(42)41-29-33(26-28-43(41)55)36-20-11-21-39-38-18-8-10-23-44(38)57-48(36)39/h1-30H. The minimum absolute atomic E-state index is 0.535. The van der Waals surface area contributed by atoms with Crippen LogP contribution in [0.5, 0.6) is 0 Å². The number of aromatic nitrogens is 4. The number of rotatable bonds is 5. The lowest BCUT2D eigenvalue weighted by Crippen LogP contribution is -2.06. The van der Waals surface area contributed by atoms with Gasteiger partial charge >= 0.3 is 0 Å². The van der Waals surface area contributed by atoms with Gasteiger partial charge in [0.2, 0.25) is 5.95 Å². The summed E-state index contributed by atoms with van der Waals surface area (Å²) in [5.41, 5.74) is 11.5. The van der Waals surface area contributed by atoms with E-state index in [2.05, 4.69) is 126 Å². The molecule has 266 valence electrons. The molecule has 0 aliphatic carbocycles. The number of benzene rings is 8. The van der Waals surface area contributed by atoms with E-state index in [0.717, 1.165) is 99.1 Å². The van der Waals surface area contributed by atoms with Crippen LogP contribution >= 0.6 is 0 Å². The van der Waals surface area contributed by atoms with Crippen molar-refractivity contribution in [2.75, 3.05) is 0 Å². The molecule has 0 aliphatic rings. The number of fused-ring (bicyclic) bond motifs is 9. The van der Waals surface area contributed by atoms with Gasteiger partial charge in [-0.2, -0.15) is 9.97 Å². The van der Waals surface area contributed by atoms with Crippen molar-refractivity contribution < 1.29 is 8.83 Å². The summed E-state index contributed by atoms with van der Waals surface area (Å²) in [6.07, 6.45) is 0. The zero-order valence-electron chi connectivity index (χ0n) is 30.4. The van der Waals surface area contributed by atoms with Crippen molar-refractivity contribution in [3.63, 3.8) is 0 Å². The monoisotopic (exact) mass is 730 g/mol. The molecular weight excluding hydrogens is 701 g/mol. The molecule has 0 saturated carbocycles. The molecule has 0 saturated heterocycles. The number of hydrogen-bond acceptors (Lipinski definition) is 5. The third kappa shape index (κ3) is 4.94. The second-order valence-corrected chi connectivity index (χ2v) is 14.4. The highest BCUT2D eigenvalue weighted by Gasteiger charge is 2.21. The molecule has 0 bridgehead atoms. The summed E-state index contributed by atoms with van der Waals surface area (Å²) in [5.74, 6) is 1.68. The Labute approximate surface area is 325 Å². The van der Waals surface area contributed by atoms with Crippen LogP contribution < -0.4 is 0 Å². The summed E-state index contributed by atoms with van der Waals surface area (Å²) in [5, 5.41) is 6.55. The Morgan fingerprint density at radius 3 is 1.86 bits per heavy atom. The molecule has 12 aromatic rings. The lowest BCUT2D eigenvalue weighted by Gasteiger charge is -2.11. The van der Waals surface area contributed by atoms with E-state index in [1.165, 1.54) is 0 Å². The molecule has 12 rings (SSSR count). The second-order valence-electron chi connectivity index (χ2n) is 14.4. The first-order valence-electron chi connectivity index (χ1n) is 19.0. The summed E-state index contributed by atoms with van der Waals surface area (Å²) in [4.78, 5) is 15.5. The van der Waals surface area contributed by atoms with Crippen molar-refractivity contribution in [3.05, 3.63) is 182 Å². The smallest absolute Gasteiger partial charge is 0.238 e. The van der Waals surface area contributed by atoms with Crippen LogP contribution in [0.1, 0.15) is 0 Å². The zero-order chi connectivity index (χ0) is 37.5. The van der Waals surface area contributed by atoms with E-state index in [0.29, 0.717) is 17.6 Å². The SMILES string of the molecule is c1ccc(-c2nc(-c3ccc4c(c3)oc3cccc(-c5ccccc5)c34)nc(-n3c4ccccc4c4cc(-c5cccc6c5oc5ccccc56)ccc43)n2)cc1. The highest BCUT2D eigenvalue weighted by atomic mass is 16.3. The third-order valence-corrected chi connectivity index (χ3v) is 11.1. The molecule has 57 heavy (non-hydrogen) atoms. The van der Waals surface area contributed by atoms with Gasteiger partial charge in [0, 0.05) is 49.0 Å². The summed E-state index contributed by atoms with van der Waals surface area (Å²) in [6, 6.07) is 62.6. The molecule has 0 atom stereocenters. The van der Waals surface area contributed by atoms with Gasteiger partial charge in [-0.1, -0.05) is 140 Å². The Morgan fingerprint density at radius 1 is 0.351 bits per heavy atom. The molecule has 0 aliphatic heterocycles. The molecule has 0 fully saturated rings. The highest BCUT2D eigenvalue weighted by molar-refractivity contribution is 6.14. The molecule has 0 unspecified atom stereocenters. The maximum atomic E-state index is 6.52. The summed E-state index contributed by atoms with van der Waals surface area (Å²) in [6.45, 7) is 0. The first kappa shape index (κ1) is 31.5.